The molecule has 0 saturated carbocycles. The predicted octanol–water partition coefficient (Wildman–Crippen LogP) is -0.644. The number of hydrogen-bond acceptors (Lipinski definition) is 4. The van der Waals surface area contributed by atoms with Crippen LogP contribution in [-0.2, 0) is 9.59 Å². The zero-order valence-corrected chi connectivity index (χ0v) is 5.31. The third-order valence-electron chi connectivity index (χ3n) is 1.12. The second-order valence-corrected chi connectivity index (χ2v) is 1.88. The van der Waals surface area contributed by atoms with Crippen LogP contribution in [0.5, 0.6) is 0 Å². The van der Waals surface area contributed by atoms with Crippen LogP contribution in [-0.4, -0.2) is 33.6 Å². The van der Waals surface area contributed by atoms with Gasteiger partial charge < -0.3 is 10.2 Å². The Hall–Kier alpha value is -1.72. The van der Waals surface area contributed by atoms with Crippen LogP contribution >= 0.6 is 0 Å². The molecule has 0 aliphatic carbocycles. The molecule has 2 N–H and O–H groups in total. The zero-order valence-electron chi connectivity index (χ0n) is 5.31. The highest BCUT2D eigenvalue weighted by Gasteiger charge is 2.22. The minimum Gasteiger partial charge on any atom is -0.477 e. The zero-order chi connectivity index (χ0) is 8.43. The first kappa shape index (κ1) is 7.39. The van der Waals surface area contributed by atoms with Gasteiger partial charge in [-0.25, -0.2) is 9.59 Å². The fourth-order valence-corrected chi connectivity index (χ4v) is 0.587. The van der Waals surface area contributed by atoms with E-state index in [0.29, 0.717) is 0 Å². The van der Waals surface area contributed by atoms with Gasteiger partial charge in [0.1, 0.15) is 0 Å². The minimum absolute atomic E-state index is 0.204. The third kappa shape index (κ3) is 1.40. The van der Waals surface area contributed by atoms with E-state index in [1.807, 2.05) is 0 Å². The van der Waals surface area contributed by atoms with Crippen LogP contribution in [0.4, 0.5) is 0 Å². The highest BCUT2D eigenvalue weighted by molar-refractivity contribution is 6.49. The van der Waals surface area contributed by atoms with Gasteiger partial charge in [-0.2, -0.15) is 0 Å². The average molecular weight is 156 g/mol. The van der Waals surface area contributed by atoms with Gasteiger partial charge in [-0.1, -0.05) is 0 Å². The number of hydrogen-bond donors (Lipinski definition) is 2. The van der Waals surface area contributed by atoms with E-state index >= 15 is 0 Å². The lowest BCUT2D eigenvalue weighted by molar-refractivity contribution is -0.129. The molecule has 0 radical (unpaired) electrons. The number of rotatable bonds is 2. The largest absolute Gasteiger partial charge is 0.477 e. The molecule has 0 spiro atoms. The van der Waals surface area contributed by atoms with Crippen molar-refractivity contribution < 1.29 is 19.8 Å². The Balaban J connectivity index is 2.66. The molecule has 6 heteroatoms. The maximum Gasteiger partial charge on any atom is 0.352 e. The molecule has 1 rings (SSSR count). The molecule has 0 bridgehead atoms. The SMILES string of the molecule is O=C(O)C1=NN=C(C(=O)O)C1. The Morgan fingerprint density at radius 2 is 1.45 bits per heavy atom. The molecule has 0 unspecified atom stereocenters. The quantitative estimate of drug-likeness (QED) is 0.555. The maximum absolute atomic E-state index is 10.2. The van der Waals surface area contributed by atoms with E-state index in [4.69, 9.17) is 10.2 Å². The van der Waals surface area contributed by atoms with Crippen LogP contribution in [0.15, 0.2) is 10.2 Å². The summed E-state index contributed by atoms with van der Waals surface area (Å²) in [4.78, 5) is 20.3. The van der Waals surface area contributed by atoms with Crippen LogP contribution in [0, 0.1) is 0 Å². The van der Waals surface area contributed by atoms with Gasteiger partial charge in [-0.15, -0.1) is 10.2 Å². The number of carboxylic acid groups (broad SMARTS) is 2. The molecule has 0 aromatic rings. The van der Waals surface area contributed by atoms with E-state index < -0.39 is 11.9 Å². The van der Waals surface area contributed by atoms with E-state index in [9.17, 15) is 9.59 Å². The van der Waals surface area contributed by atoms with Crippen molar-refractivity contribution in [3.63, 3.8) is 0 Å². The molecular formula is C5H4N2O4. The lowest BCUT2D eigenvalue weighted by Gasteiger charge is -1.88. The summed E-state index contributed by atoms with van der Waals surface area (Å²) in [6, 6.07) is 0. The van der Waals surface area contributed by atoms with Gasteiger partial charge >= 0.3 is 11.9 Å². The van der Waals surface area contributed by atoms with Gasteiger partial charge in [-0.3, -0.25) is 0 Å². The maximum atomic E-state index is 10.2. The molecule has 0 saturated heterocycles. The Morgan fingerprint density at radius 3 is 1.64 bits per heavy atom. The molecule has 0 amide bonds. The van der Waals surface area contributed by atoms with E-state index in [1.54, 1.807) is 0 Å². The first-order valence-electron chi connectivity index (χ1n) is 2.71. The summed E-state index contributed by atoms with van der Waals surface area (Å²) in [6.07, 6.45) is -0.204. The monoisotopic (exact) mass is 156 g/mol. The van der Waals surface area contributed by atoms with Gasteiger partial charge in [0, 0.05) is 0 Å². The van der Waals surface area contributed by atoms with Crippen molar-refractivity contribution in [3.8, 4) is 0 Å². The van der Waals surface area contributed by atoms with Crippen LogP contribution < -0.4 is 0 Å². The van der Waals surface area contributed by atoms with E-state index in [2.05, 4.69) is 10.2 Å². The van der Waals surface area contributed by atoms with Crippen LogP contribution in [0.2, 0.25) is 0 Å². The topological polar surface area (TPSA) is 99.3 Å². The second-order valence-electron chi connectivity index (χ2n) is 1.88. The molecule has 1 aliphatic rings. The molecule has 0 aromatic carbocycles. The third-order valence-corrected chi connectivity index (χ3v) is 1.12. The summed E-state index contributed by atoms with van der Waals surface area (Å²) in [7, 11) is 0. The smallest absolute Gasteiger partial charge is 0.352 e. The van der Waals surface area contributed by atoms with E-state index in [0.717, 1.165) is 0 Å². The molecule has 11 heavy (non-hydrogen) atoms. The fraction of sp³-hybridized carbons (Fsp3) is 0.200. The summed E-state index contributed by atoms with van der Waals surface area (Å²) in [6.45, 7) is 0. The Labute approximate surface area is 60.9 Å². The molecule has 1 aliphatic heterocycles. The Bertz CT molecular complexity index is 250. The molecular weight excluding hydrogens is 152 g/mol. The van der Waals surface area contributed by atoms with Gasteiger partial charge in [0.15, 0.2) is 11.4 Å². The highest BCUT2D eigenvalue weighted by atomic mass is 16.4. The number of carbonyl (C=O) groups is 2. The lowest BCUT2D eigenvalue weighted by atomic mass is 10.2. The second kappa shape index (κ2) is 2.49. The molecule has 58 valence electrons. The average Bonchev–Trinajstić information content (AvgIpc) is 2.33. The van der Waals surface area contributed by atoms with Crippen molar-refractivity contribution >= 4 is 23.4 Å². The minimum atomic E-state index is -1.23. The molecule has 0 atom stereocenters. The van der Waals surface area contributed by atoms with Gasteiger partial charge in [0.2, 0.25) is 0 Å². The predicted molar refractivity (Wildman–Crippen MR) is 34.8 cm³/mol. The molecule has 0 fully saturated rings. The normalized spacial score (nSPS) is 15.6. The molecule has 0 aromatic heterocycles. The number of carboxylic acids is 2. The Kier molecular flexibility index (Phi) is 1.67. The van der Waals surface area contributed by atoms with E-state index in [1.165, 1.54) is 0 Å². The number of aliphatic carboxylic acids is 2. The first-order valence-corrected chi connectivity index (χ1v) is 2.71. The molecule has 6 nitrogen and oxygen atoms in total. The fourth-order valence-electron chi connectivity index (χ4n) is 0.587. The van der Waals surface area contributed by atoms with Crippen molar-refractivity contribution in [3.05, 3.63) is 0 Å². The molecule has 1 heterocycles. The summed E-state index contributed by atoms with van der Waals surface area (Å²) < 4.78 is 0. The van der Waals surface area contributed by atoms with Gasteiger partial charge in [-0.05, 0) is 0 Å². The lowest BCUT2D eigenvalue weighted by Crippen LogP contribution is -2.18. The standard InChI is InChI=1S/C5H4N2O4/c8-4(9)2-1-3(5(10)11)7-6-2/h1H2,(H,8,9)(H,10,11). The van der Waals surface area contributed by atoms with Gasteiger partial charge in [0.25, 0.3) is 0 Å². The van der Waals surface area contributed by atoms with Crippen molar-refractivity contribution in [2.75, 3.05) is 0 Å². The van der Waals surface area contributed by atoms with Gasteiger partial charge in [0.05, 0.1) is 6.42 Å². The highest BCUT2D eigenvalue weighted by Crippen LogP contribution is 2.02. The Morgan fingerprint density at radius 1 is 1.09 bits per heavy atom. The summed E-state index contributed by atoms with van der Waals surface area (Å²) in [5.74, 6) is -2.46. The summed E-state index contributed by atoms with van der Waals surface area (Å²) in [5.41, 5.74) is -0.468. The van der Waals surface area contributed by atoms with Crippen molar-refractivity contribution in [2.45, 2.75) is 6.42 Å². The van der Waals surface area contributed by atoms with Crippen molar-refractivity contribution in [1.29, 1.82) is 0 Å². The van der Waals surface area contributed by atoms with Crippen LogP contribution in [0.25, 0.3) is 0 Å². The summed E-state index contributed by atoms with van der Waals surface area (Å²) in [5, 5.41) is 23.0. The van der Waals surface area contributed by atoms with Crippen molar-refractivity contribution in [1.82, 2.24) is 0 Å². The first-order chi connectivity index (χ1) is 5.11. The van der Waals surface area contributed by atoms with Crippen LogP contribution in [0.1, 0.15) is 6.42 Å². The van der Waals surface area contributed by atoms with E-state index in [-0.39, 0.29) is 17.8 Å². The van der Waals surface area contributed by atoms with Crippen LogP contribution in [0.3, 0.4) is 0 Å². The number of nitrogens with zero attached hydrogens (tertiary/aromatic N) is 2. The van der Waals surface area contributed by atoms with Crippen molar-refractivity contribution in [2.24, 2.45) is 10.2 Å². The summed E-state index contributed by atoms with van der Waals surface area (Å²) >= 11 is 0.